The van der Waals surface area contributed by atoms with E-state index in [-0.39, 0.29) is 17.2 Å². The molecule has 25 heavy (non-hydrogen) atoms. The normalized spacial score (nSPS) is 21.1. The maximum Gasteiger partial charge on any atom is 0.332 e. The molecule has 2 rings (SSSR count). The van der Waals surface area contributed by atoms with Crippen molar-refractivity contribution < 1.29 is 24.9 Å². The molecular formula is C17H24N2O5S. The minimum Gasteiger partial charge on any atom is -0.505 e. The van der Waals surface area contributed by atoms with Gasteiger partial charge in [-0.3, -0.25) is 4.99 Å². The predicted octanol–water partition coefficient (Wildman–Crippen LogP) is 2.44. The Balaban J connectivity index is 2.21. The molecule has 0 amide bonds. The molecular weight excluding hydrogens is 344 g/mol. The monoisotopic (exact) mass is 368 g/mol. The lowest BCUT2D eigenvalue weighted by Crippen LogP contribution is -2.37. The molecule has 8 heteroatoms. The average Bonchev–Trinajstić information content (AvgIpc) is 2.79. The highest BCUT2D eigenvalue weighted by Gasteiger charge is 2.39. The Kier molecular flexibility index (Phi) is 5.07. The molecule has 1 aromatic rings. The van der Waals surface area contributed by atoms with Crippen molar-refractivity contribution in [1.82, 2.24) is 4.98 Å². The molecule has 0 bridgehead atoms. The zero-order valence-corrected chi connectivity index (χ0v) is 15.8. The van der Waals surface area contributed by atoms with Crippen molar-refractivity contribution >= 4 is 22.8 Å². The number of aliphatic imine (C=N–C) groups is 1. The van der Waals surface area contributed by atoms with Crippen LogP contribution in [-0.2, 0) is 4.79 Å². The molecule has 0 spiro atoms. The summed E-state index contributed by atoms with van der Waals surface area (Å²) in [5, 5.41) is 29.8. The molecule has 1 aromatic heterocycles. The highest BCUT2D eigenvalue weighted by molar-refractivity contribution is 8.14. The number of ether oxygens (including phenoxy) is 1. The van der Waals surface area contributed by atoms with Gasteiger partial charge >= 0.3 is 5.97 Å². The molecule has 0 saturated carbocycles. The zero-order chi connectivity index (χ0) is 19.0. The lowest BCUT2D eigenvalue weighted by molar-refractivity contribution is -0.141. The number of aromatic nitrogens is 1. The van der Waals surface area contributed by atoms with Gasteiger partial charge in [-0.05, 0) is 34.6 Å². The lowest BCUT2D eigenvalue weighted by Gasteiger charge is -2.32. The summed E-state index contributed by atoms with van der Waals surface area (Å²) in [6.45, 7) is 8.61. The number of aliphatic carboxylic acids is 1. The van der Waals surface area contributed by atoms with Crippen LogP contribution in [0.3, 0.4) is 0 Å². The molecule has 0 saturated heterocycles. The van der Waals surface area contributed by atoms with Crippen molar-refractivity contribution in [1.29, 1.82) is 0 Å². The summed E-state index contributed by atoms with van der Waals surface area (Å²) in [5.74, 6) is -0.490. The van der Waals surface area contributed by atoms with Crippen LogP contribution in [0.5, 0.6) is 11.5 Å². The average molecular weight is 368 g/mol. The molecule has 3 N–H and O–H groups in total. The Morgan fingerprint density at radius 1 is 1.40 bits per heavy atom. The van der Waals surface area contributed by atoms with E-state index in [0.29, 0.717) is 17.2 Å². The van der Waals surface area contributed by atoms with Crippen molar-refractivity contribution in [3.8, 4) is 11.5 Å². The Morgan fingerprint density at radius 3 is 2.52 bits per heavy atom. The Bertz CT molecular complexity index is 711. The van der Waals surface area contributed by atoms with Gasteiger partial charge in [0, 0.05) is 18.2 Å². The van der Waals surface area contributed by atoms with Gasteiger partial charge in [0.05, 0.1) is 11.8 Å². The number of hydrogen-bond acceptors (Lipinski definition) is 7. The molecule has 2 heterocycles. The highest BCUT2D eigenvalue weighted by Crippen LogP contribution is 2.35. The molecule has 0 aromatic carbocycles. The fourth-order valence-electron chi connectivity index (χ4n) is 2.78. The van der Waals surface area contributed by atoms with Crippen LogP contribution in [0.15, 0.2) is 17.3 Å². The fraction of sp³-hybridized carbons (Fsp3) is 0.588. The Hall–Kier alpha value is -1.80. The second kappa shape index (κ2) is 6.49. The van der Waals surface area contributed by atoms with Gasteiger partial charge in [0.2, 0.25) is 0 Å². The Labute approximate surface area is 151 Å². The van der Waals surface area contributed by atoms with Crippen molar-refractivity contribution in [2.24, 2.45) is 4.99 Å². The van der Waals surface area contributed by atoms with Crippen LogP contribution in [0, 0.1) is 0 Å². The minimum absolute atomic E-state index is 0.127. The van der Waals surface area contributed by atoms with Gasteiger partial charge in [-0.1, -0.05) is 0 Å². The van der Waals surface area contributed by atoms with Crippen LogP contribution in [0.4, 0.5) is 0 Å². The van der Waals surface area contributed by atoms with E-state index < -0.39 is 22.7 Å². The summed E-state index contributed by atoms with van der Waals surface area (Å²) in [7, 11) is 0. The van der Waals surface area contributed by atoms with E-state index in [2.05, 4.69) is 9.98 Å². The van der Waals surface area contributed by atoms with Crippen LogP contribution in [0.1, 0.15) is 46.7 Å². The van der Waals surface area contributed by atoms with Gasteiger partial charge in [0.15, 0.2) is 5.54 Å². The lowest BCUT2D eigenvalue weighted by atomic mass is 9.92. The quantitative estimate of drug-likeness (QED) is 0.707. The smallest absolute Gasteiger partial charge is 0.332 e. The number of hydrogen-bond donors (Lipinski definition) is 3. The van der Waals surface area contributed by atoms with Gasteiger partial charge in [0.1, 0.15) is 27.8 Å². The Morgan fingerprint density at radius 2 is 2.04 bits per heavy atom. The largest absolute Gasteiger partial charge is 0.505 e. The number of thioether (sulfide) groups is 1. The number of pyridine rings is 1. The maximum atomic E-state index is 11.3. The van der Waals surface area contributed by atoms with E-state index in [4.69, 9.17) is 4.74 Å². The van der Waals surface area contributed by atoms with Crippen LogP contribution in [-0.4, -0.2) is 53.8 Å². The maximum absolute atomic E-state index is 11.3. The van der Waals surface area contributed by atoms with Crippen molar-refractivity contribution in [2.45, 2.75) is 57.8 Å². The third-order valence-electron chi connectivity index (χ3n) is 3.60. The second-order valence-corrected chi connectivity index (χ2v) is 8.64. The number of nitrogens with zero attached hydrogens (tertiary/aromatic N) is 2. The zero-order valence-electron chi connectivity index (χ0n) is 15.0. The number of carboxylic acids is 1. The van der Waals surface area contributed by atoms with E-state index in [1.807, 2.05) is 13.8 Å². The standard InChI is InChI=1S/C17H24N2O5S/c1-15(2,23)8-16(3,4)24-10-6-11(20)12(18-7-10)13-19-17(5,9-25-13)14(21)22/h6-7,20,23H,8-9H2,1-5H3,(H,21,22). The molecule has 1 atom stereocenters. The van der Waals surface area contributed by atoms with Crippen molar-refractivity contribution in [3.63, 3.8) is 0 Å². The van der Waals surface area contributed by atoms with Gasteiger partial charge in [-0.25, -0.2) is 9.78 Å². The molecule has 0 aliphatic carbocycles. The fourth-order valence-corrected chi connectivity index (χ4v) is 3.95. The van der Waals surface area contributed by atoms with Crippen LogP contribution in [0.2, 0.25) is 0 Å². The first kappa shape index (κ1) is 19.5. The van der Waals surface area contributed by atoms with Crippen LogP contribution < -0.4 is 4.74 Å². The van der Waals surface area contributed by atoms with Crippen LogP contribution in [0.25, 0.3) is 0 Å². The topological polar surface area (TPSA) is 112 Å². The molecule has 1 aliphatic rings. The van der Waals surface area contributed by atoms with Gasteiger partial charge in [-0.2, -0.15) is 0 Å². The molecule has 138 valence electrons. The third kappa shape index (κ3) is 4.85. The van der Waals surface area contributed by atoms with Gasteiger partial charge < -0.3 is 20.1 Å². The van der Waals surface area contributed by atoms with E-state index in [0.717, 1.165) is 0 Å². The first-order chi connectivity index (χ1) is 11.3. The number of rotatable bonds is 6. The van der Waals surface area contributed by atoms with Crippen LogP contribution >= 0.6 is 11.8 Å². The first-order valence-electron chi connectivity index (χ1n) is 7.88. The number of aliphatic hydroxyl groups is 1. The number of carboxylic acid groups (broad SMARTS) is 1. The molecule has 0 radical (unpaired) electrons. The predicted molar refractivity (Wildman–Crippen MR) is 96.6 cm³/mol. The molecule has 1 unspecified atom stereocenters. The van der Waals surface area contributed by atoms with Gasteiger partial charge in [0.25, 0.3) is 0 Å². The van der Waals surface area contributed by atoms with E-state index in [9.17, 15) is 20.1 Å². The SMILES string of the molecule is CC(C)(O)CC(C)(C)Oc1cnc(C2=NC(C)(C(=O)O)CS2)c(O)c1. The summed E-state index contributed by atoms with van der Waals surface area (Å²) < 4.78 is 5.83. The third-order valence-corrected chi connectivity index (χ3v) is 4.86. The number of aromatic hydroxyl groups is 1. The highest BCUT2D eigenvalue weighted by atomic mass is 32.2. The number of carbonyl (C=O) groups is 1. The summed E-state index contributed by atoms with van der Waals surface area (Å²) in [4.78, 5) is 19.6. The van der Waals surface area contributed by atoms with Crippen molar-refractivity contribution in [2.75, 3.05) is 5.75 Å². The summed E-state index contributed by atoms with van der Waals surface area (Å²) in [6.07, 6.45) is 1.85. The van der Waals surface area contributed by atoms with Gasteiger partial charge in [-0.15, -0.1) is 11.8 Å². The summed E-state index contributed by atoms with van der Waals surface area (Å²) >= 11 is 1.24. The second-order valence-electron chi connectivity index (χ2n) is 7.67. The summed E-state index contributed by atoms with van der Waals surface area (Å²) in [5.41, 5.74) is -2.52. The minimum atomic E-state index is -1.21. The molecule has 7 nitrogen and oxygen atoms in total. The van der Waals surface area contributed by atoms with E-state index in [1.165, 1.54) is 30.9 Å². The summed E-state index contributed by atoms with van der Waals surface area (Å²) in [6, 6.07) is 1.42. The van der Waals surface area contributed by atoms with E-state index in [1.54, 1.807) is 13.8 Å². The first-order valence-corrected chi connectivity index (χ1v) is 8.87. The molecule has 0 fully saturated rings. The molecule has 1 aliphatic heterocycles. The van der Waals surface area contributed by atoms with Crippen molar-refractivity contribution in [3.05, 3.63) is 18.0 Å². The van der Waals surface area contributed by atoms with E-state index >= 15 is 0 Å².